The topological polar surface area (TPSA) is 41.1 Å². The minimum atomic E-state index is 0.471. The molecule has 0 aliphatic rings. The van der Waals surface area contributed by atoms with Crippen LogP contribution in [-0.2, 0) is 0 Å². The maximum atomic E-state index is 4.29. The minimum absolute atomic E-state index is 0.471. The molecule has 0 saturated carbocycles. The van der Waals surface area contributed by atoms with Gasteiger partial charge < -0.3 is 10.2 Å². The Morgan fingerprint density at radius 3 is 2.67 bits per heavy atom. The summed E-state index contributed by atoms with van der Waals surface area (Å²) in [6.45, 7) is 4.91. The number of hydrogen-bond acceptors (Lipinski definition) is 4. The molecule has 1 aromatic rings. The second kappa shape index (κ2) is 5.42. The zero-order valence-corrected chi connectivity index (χ0v) is 11.2. The van der Waals surface area contributed by atoms with Gasteiger partial charge in [0.15, 0.2) is 0 Å². The van der Waals surface area contributed by atoms with E-state index in [4.69, 9.17) is 0 Å². The van der Waals surface area contributed by atoms with Crippen LogP contribution in [0.4, 0.5) is 5.82 Å². The van der Waals surface area contributed by atoms with Crippen molar-refractivity contribution in [2.75, 3.05) is 26.0 Å². The van der Waals surface area contributed by atoms with E-state index >= 15 is 0 Å². The summed E-state index contributed by atoms with van der Waals surface area (Å²) < 4.78 is 0.815. The molecule has 0 bridgehead atoms. The fourth-order valence-electron chi connectivity index (χ4n) is 1.06. The normalized spacial score (nSPS) is 12.9. The molecule has 0 aromatic carbocycles. The average molecular weight is 273 g/mol. The molecule has 15 heavy (non-hydrogen) atoms. The largest absolute Gasteiger partial charge is 0.368 e. The van der Waals surface area contributed by atoms with Crippen LogP contribution in [0.15, 0.2) is 10.7 Å². The van der Waals surface area contributed by atoms with Crippen molar-refractivity contribution in [1.82, 2.24) is 14.9 Å². The van der Waals surface area contributed by atoms with Crippen LogP contribution in [0.1, 0.15) is 12.7 Å². The van der Waals surface area contributed by atoms with Crippen LogP contribution in [0.5, 0.6) is 0 Å². The first-order chi connectivity index (χ1) is 6.99. The molecule has 0 fully saturated rings. The van der Waals surface area contributed by atoms with Crippen molar-refractivity contribution in [2.24, 2.45) is 0 Å². The molecule has 4 nitrogen and oxygen atoms in total. The van der Waals surface area contributed by atoms with Crippen molar-refractivity contribution in [1.29, 1.82) is 0 Å². The van der Waals surface area contributed by atoms with Gasteiger partial charge in [-0.15, -0.1) is 0 Å². The van der Waals surface area contributed by atoms with Crippen molar-refractivity contribution < 1.29 is 0 Å². The molecule has 1 heterocycles. The van der Waals surface area contributed by atoms with E-state index in [2.05, 4.69) is 57.1 Å². The van der Waals surface area contributed by atoms with E-state index in [1.54, 1.807) is 0 Å². The quantitative estimate of drug-likeness (QED) is 0.851. The Morgan fingerprint density at radius 2 is 2.13 bits per heavy atom. The van der Waals surface area contributed by atoms with Crippen molar-refractivity contribution in [3.63, 3.8) is 0 Å². The number of aromatic nitrogens is 2. The first kappa shape index (κ1) is 12.4. The van der Waals surface area contributed by atoms with Gasteiger partial charge in [-0.3, -0.25) is 0 Å². The predicted octanol–water partition coefficient (Wildman–Crippen LogP) is 1.91. The van der Waals surface area contributed by atoms with Gasteiger partial charge in [-0.1, -0.05) is 0 Å². The lowest BCUT2D eigenvalue weighted by atomic mass is 10.3. The van der Waals surface area contributed by atoms with Gasteiger partial charge in [0, 0.05) is 18.7 Å². The van der Waals surface area contributed by atoms with E-state index in [-0.39, 0.29) is 0 Å². The van der Waals surface area contributed by atoms with Gasteiger partial charge in [0.1, 0.15) is 16.2 Å². The summed E-state index contributed by atoms with van der Waals surface area (Å²) in [4.78, 5) is 10.6. The third-order valence-corrected chi connectivity index (χ3v) is 2.67. The number of nitrogens with one attached hydrogen (secondary N) is 1. The Hall–Kier alpha value is -0.680. The lowest BCUT2D eigenvalue weighted by molar-refractivity contribution is 0.326. The second-order valence-corrected chi connectivity index (χ2v) is 4.63. The van der Waals surface area contributed by atoms with E-state index in [1.165, 1.54) is 0 Å². The van der Waals surface area contributed by atoms with E-state index in [1.807, 2.05) is 13.0 Å². The van der Waals surface area contributed by atoms with Crippen LogP contribution < -0.4 is 5.32 Å². The van der Waals surface area contributed by atoms with Crippen LogP contribution >= 0.6 is 15.9 Å². The van der Waals surface area contributed by atoms with Crippen molar-refractivity contribution in [3.8, 4) is 0 Å². The summed E-state index contributed by atoms with van der Waals surface area (Å²) in [5, 5.41) is 3.28. The fourth-order valence-corrected chi connectivity index (χ4v) is 1.53. The predicted molar refractivity (Wildman–Crippen MR) is 66.1 cm³/mol. The lowest BCUT2D eigenvalue weighted by Gasteiger charge is -2.20. The Kier molecular flexibility index (Phi) is 4.47. The van der Waals surface area contributed by atoms with Crippen LogP contribution in [-0.4, -0.2) is 41.5 Å². The SMILES string of the molecule is Cc1nc(Br)cc(NCC(C)N(C)C)n1. The summed E-state index contributed by atoms with van der Waals surface area (Å²) in [5.74, 6) is 1.63. The summed E-state index contributed by atoms with van der Waals surface area (Å²) in [7, 11) is 4.13. The van der Waals surface area contributed by atoms with Crippen molar-refractivity contribution in [2.45, 2.75) is 19.9 Å². The first-order valence-corrected chi connectivity index (χ1v) is 5.70. The van der Waals surface area contributed by atoms with Crippen LogP contribution in [0.25, 0.3) is 0 Å². The second-order valence-electron chi connectivity index (χ2n) is 3.82. The molecule has 0 saturated heterocycles. The Labute approximate surface area is 99.2 Å². The van der Waals surface area contributed by atoms with E-state index in [0.717, 1.165) is 22.8 Å². The van der Waals surface area contributed by atoms with Crippen LogP contribution in [0.3, 0.4) is 0 Å². The molecule has 0 amide bonds. The summed E-state index contributed by atoms with van der Waals surface area (Å²) in [6.07, 6.45) is 0. The highest BCUT2D eigenvalue weighted by Gasteiger charge is 2.05. The lowest BCUT2D eigenvalue weighted by Crippen LogP contribution is -2.31. The maximum Gasteiger partial charge on any atom is 0.130 e. The number of halogens is 1. The molecule has 0 aliphatic carbocycles. The van der Waals surface area contributed by atoms with E-state index < -0.39 is 0 Å². The van der Waals surface area contributed by atoms with Gasteiger partial charge in [-0.25, -0.2) is 9.97 Å². The van der Waals surface area contributed by atoms with Crippen molar-refractivity contribution >= 4 is 21.7 Å². The molecule has 1 rings (SSSR count). The number of likely N-dealkylation sites (N-methyl/N-ethyl adjacent to an activating group) is 1. The first-order valence-electron chi connectivity index (χ1n) is 4.90. The molecule has 1 N–H and O–H groups in total. The number of hydrogen-bond donors (Lipinski definition) is 1. The number of nitrogens with zero attached hydrogens (tertiary/aromatic N) is 3. The molecule has 0 spiro atoms. The van der Waals surface area contributed by atoms with Gasteiger partial charge >= 0.3 is 0 Å². The van der Waals surface area contributed by atoms with Gasteiger partial charge in [-0.05, 0) is 43.9 Å². The zero-order valence-electron chi connectivity index (χ0n) is 9.58. The fraction of sp³-hybridized carbons (Fsp3) is 0.600. The van der Waals surface area contributed by atoms with Crippen molar-refractivity contribution in [3.05, 3.63) is 16.5 Å². The highest BCUT2D eigenvalue weighted by Crippen LogP contribution is 2.11. The van der Waals surface area contributed by atoms with E-state index in [9.17, 15) is 0 Å². The molecule has 1 unspecified atom stereocenters. The summed E-state index contributed by atoms with van der Waals surface area (Å²) in [5.41, 5.74) is 0. The van der Waals surface area contributed by atoms with Gasteiger partial charge in [0.05, 0.1) is 0 Å². The summed E-state index contributed by atoms with van der Waals surface area (Å²) in [6, 6.07) is 2.36. The molecule has 84 valence electrons. The number of aryl methyl sites for hydroxylation is 1. The van der Waals surface area contributed by atoms with Crippen LogP contribution in [0, 0.1) is 6.92 Å². The Balaban J connectivity index is 2.57. The zero-order chi connectivity index (χ0) is 11.4. The number of rotatable bonds is 4. The summed E-state index contributed by atoms with van der Waals surface area (Å²) >= 11 is 3.35. The standard InChI is InChI=1S/C10H17BrN4/c1-7(15(3)4)6-12-10-5-9(11)13-8(2)14-10/h5,7H,6H2,1-4H3,(H,12,13,14). The molecule has 0 radical (unpaired) electrons. The molecular weight excluding hydrogens is 256 g/mol. The molecule has 1 atom stereocenters. The van der Waals surface area contributed by atoms with Crippen LogP contribution in [0.2, 0.25) is 0 Å². The third kappa shape index (κ3) is 4.13. The highest BCUT2D eigenvalue weighted by molar-refractivity contribution is 9.10. The molecule has 5 heteroatoms. The average Bonchev–Trinajstić information content (AvgIpc) is 2.12. The minimum Gasteiger partial charge on any atom is -0.368 e. The van der Waals surface area contributed by atoms with Gasteiger partial charge in [-0.2, -0.15) is 0 Å². The van der Waals surface area contributed by atoms with Gasteiger partial charge in [0.2, 0.25) is 0 Å². The van der Waals surface area contributed by atoms with Gasteiger partial charge in [0.25, 0.3) is 0 Å². The monoisotopic (exact) mass is 272 g/mol. The molecular formula is C10H17BrN4. The molecule has 0 aliphatic heterocycles. The van der Waals surface area contributed by atoms with E-state index in [0.29, 0.717) is 6.04 Å². The Bertz CT molecular complexity index is 307. The Morgan fingerprint density at radius 1 is 1.47 bits per heavy atom. The highest BCUT2D eigenvalue weighted by atomic mass is 79.9. The smallest absolute Gasteiger partial charge is 0.130 e. The third-order valence-electron chi connectivity index (χ3n) is 2.27. The number of anilines is 1. The maximum absolute atomic E-state index is 4.29. The molecule has 1 aromatic heterocycles.